The lowest BCUT2D eigenvalue weighted by molar-refractivity contribution is 0.202. The third-order valence-electron chi connectivity index (χ3n) is 3.22. The van der Waals surface area contributed by atoms with Crippen LogP contribution in [0, 0.1) is 11.3 Å². The molecule has 0 bridgehead atoms. The van der Waals surface area contributed by atoms with E-state index in [-0.39, 0.29) is 0 Å². The van der Waals surface area contributed by atoms with Crippen LogP contribution in [-0.2, 0) is 4.74 Å². The van der Waals surface area contributed by atoms with Gasteiger partial charge in [-0.05, 0) is 18.9 Å². The molecule has 1 aromatic heterocycles. The normalized spacial score (nSPS) is 10.5. The fraction of sp³-hybridized carbons (Fsp3) is 0.571. The van der Waals surface area contributed by atoms with Gasteiger partial charge in [0, 0.05) is 25.9 Å². The van der Waals surface area contributed by atoms with Gasteiger partial charge in [-0.2, -0.15) is 5.26 Å². The zero-order valence-corrected chi connectivity index (χ0v) is 11.9. The first-order valence-corrected chi connectivity index (χ1v) is 6.59. The first kappa shape index (κ1) is 15.3. The van der Waals surface area contributed by atoms with Crippen molar-refractivity contribution in [3.05, 3.63) is 17.8 Å². The number of pyridine rings is 1. The van der Waals surface area contributed by atoms with Crippen LogP contribution in [0.1, 0.15) is 32.3 Å². The minimum Gasteiger partial charge on any atom is -0.396 e. The lowest BCUT2D eigenvalue weighted by atomic mass is 10.1. The standard InChI is InChI=1S/C14H22N4O/c1-4-12(5-2)18(6-7-19-3)14-13(16)8-11(9-15)10-17-14/h8,10,12H,4-7,16H2,1-3H3. The number of ether oxygens (including phenoxy) is 1. The maximum absolute atomic E-state index is 8.86. The van der Waals surface area contributed by atoms with E-state index in [2.05, 4.69) is 23.7 Å². The second kappa shape index (κ2) is 7.59. The summed E-state index contributed by atoms with van der Waals surface area (Å²) in [6.45, 7) is 5.66. The van der Waals surface area contributed by atoms with E-state index >= 15 is 0 Å². The highest BCUT2D eigenvalue weighted by atomic mass is 16.5. The van der Waals surface area contributed by atoms with Crippen molar-refractivity contribution in [2.45, 2.75) is 32.7 Å². The Hall–Kier alpha value is -1.80. The predicted molar refractivity (Wildman–Crippen MR) is 77.0 cm³/mol. The van der Waals surface area contributed by atoms with Crippen molar-refractivity contribution in [2.24, 2.45) is 0 Å². The Morgan fingerprint density at radius 2 is 2.16 bits per heavy atom. The Morgan fingerprint density at radius 1 is 1.47 bits per heavy atom. The van der Waals surface area contributed by atoms with Crippen LogP contribution in [0.4, 0.5) is 11.5 Å². The Morgan fingerprint density at radius 3 is 2.63 bits per heavy atom. The highest BCUT2D eigenvalue weighted by Crippen LogP contribution is 2.25. The maximum atomic E-state index is 8.86. The Balaban J connectivity index is 3.06. The van der Waals surface area contributed by atoms with Crippen molar-refractivity contribution < 1.29 is 4.74 Å². The summed E-state index contributed by atoms with van der Waals surface area (Å²) in [5.74, 6) is 0.741. The summed E-state index contributed by atoms with van der Waals surface area (Å²) < 4.78 is 5.16. The van der Waals surface area contributed by atoms with Crippen LogP contribution in [0.5, 0.6) is 0 Å². The van der Waals surface area contributed by atoms with Crippen molar-refractivity contribution in [1.29, 1.82) is 5.26 Å². The van der Waals surface area contributed by atoms with Crippen molar-refractivity contribution in [2.75, 3.05) is 30.9 Å². The van der Waals surface area contributed by atoms with Crippen molar-refractivity contribution in [1.82, 2.24) is 4.98 Å². The van der Waals surface area contributed by atoms with Crippen molar-refractivity contribution >= 4 is 11.5 Å². The molecule has 0 spiro atoms. The van der Waals surface area contributed by atoms with E-state index in [0.29, 0.717) is 23.9 Å². The van der Waals surface area contributed by atoms with Gasteiger partial charge < -0.3 is 15.4 Å². The number of methoxy groups -OCH3 is 1. The quantitative estimate of drug-likeness (QED) is 0.815. The van der Waals surface area contributed by atoms with Gasteiger partial charge >= 0.3 is 0 Å². The van der Waals surface area contributed by atoms with Crippen LogP contribution in [0.3, 0.4) is 0 Å². The van der Waals surface area contributed by atoms with E-state index in [1.165, 1.54) is 0 Å². The van der Waals surface area contributed by atoms with Gasteiger partial charge in [0.15, 0.2) is 5.82 Å². The molecule has 0 saturated carbocycles. The number of rotatable bonds is 7. The molecule has 0 unspecified atom stereocenters. The smallest absolute Gasteiger partial charge is 0.152 e. The highest BCUT2D eigenvalue weighted by Gasteiger charge is 2.19. The SMILES string of the molecule is CCC(CC)N(CCOC)c1ncc(C#N)cc1N. The van der Waals surface area contributed by atoms with Crippen LogP contribution in [0.2, 0.25) is 0 Å². The molecular weight excluding hydrogens is 240 g/mol. The molecule has 0 atom stereocenters. The molecule has 5 heteroatoms. The molecule has 1 rings (SSSR count). The summed E-state index contributed by atoms with van der Waals surface area (Å²) in [4.78, 5) is 6.51. The topological polar surface area (TPSA) is 75.2 Å². The number of nitrogens with zero attached hydrogens (tertiary/aromatic N) is 3. The van der Waals surface area contributed by atoms with Crippen LogP contribution in [0.15, 0.2) is 12.3 Å². The number of nitriles is 1. The molecule has 2 N–H and O–H groups in total. The van der Waals surface area contributed by atoms with Gasteiger partial charge in [-0.15, -0.1) is 0 Å². The fourth-order valence-electron chi connectivity index (χ4n) is 2.16. The molecule has 0 saturated heterocycles. The van der Waals surface area contributed by atoms with E-state index in [1.807, 2.05) is 6.07 Å². The second-order valence-electron chi connectivity index (χ2n) is 4.41. The lowest BCUT2D eigenvalue weighted by Gasteiger charge is -2.32. The minimum absolute atomic E-state index is 0.373. The molecule has 0 aromatic carbocycles. The third kappa shape index (κ3) is 3.83. The van der Waals surface area contributed by atoms with Crippen LogP contribution in [0.25, 0.3) is 0 Å². The van der Waals surface area contributed by atoms with Gasteiger partial charge in [0.25, 0.3) is 0 Å². The van der Waals surface area contributed by atoms with Crippen LogP contribution < -0.4 is 10.6 Å². The Labute approximate surface area is 115 Å². The molecule has 0 amide bonds. The van der Waals surface area contributed by atoms with Crippen molar-refractivity contribution in [3.63, 3.8) is 0 Å². The number of nitrogen functional groups attached to an aromatic ring is 1. The maximum Gasteiger partial charge on any atom is 0.152 e. The number of anilines is 2. The minimum atomic E-state index is 0.373. The first-order valence-electron chi connectivity index (χ1n) is 6.59. The predicted octanol–water partition coefficient (Wildman–Crippen LogP) is 2.18. The number of aromatic nitrogens is 1. The van der Waals surface area contributed by atoms with Gasteiger partial charge in [0.05, 0.1) is 17.9 Å². The number of hydrogen-bond donors (Lipinski definition) is 1. The zero-order chi connectivity index (χ0) is 14.3. The molecule has 19 heavy (non-hydrogen) atoms. The van der Waals surface area contributed by atoms with Gasteiger partial charge in [-0.1, -0.05) is 13.8 Å². The first-order chi connectivity index (χ1) is 9.17. The fourth-order valence-corrected chi connectivity index (χ4v) is 2.16. The molecule has 0 aliphatic heterocycles. The molecule has 1 heterocycles. The summed E-state index contributed by atoms with van der Waals surface area (Å²) in [6.07, 6.45) is 3.59. The van der Waals surface area contributed by atoms with Gasteiger partial charge in [-0.3, -0.25) is 0 Å². The molecule has 0 radical (unpaired) electrons. The summed E-state index contributed by atoms with van der Waals surface area (Å²) in [5, 5.41) is 8.86. The zero-order valence-electron chi connectivity index (χ0n) is 11.9. The van der Waals surface area contributed by atoms with E-state index in [4.69, 9.17) is 15.7 Å². The third-order valence-corrected chi connectivity index (χ3v) is 3.22. The lowest BCUT2D eigenvalue weighted by Crippen LogP contribution is -2.38. The molecule has 104 valence electrons. The average molecular weight is 262 g/mol. The van der Waals surface area contributed by atoms with Gasteiger partial charge in [-0.25, -0.2) is 4.98 Å². The van der Waals surface area contributed by atoms with Gasteiger partial charge in [0.2, 0.25) is 0 Å². The Bertz CT molecular complexity index is 438. The van der Waals surface area contributed by atoms with Gasteiger partial charge in [0.1, 0.15) is 6.07 Å². The van der Waals surface area contributed by atoms with E-state index in [9.17, 15) is 0 Å². The molecule has 0 aliphatic carbocycles. The number of hydrogen-bond acceptors (Lipinski definition) is 5. The average Bonchev–Trinajstić information content (AvgIpc) is 2.44. The highest BCUT2D eigenvalue weighted by molar-refractivity contribution is 5.65. The van der Waals surface area contributed by atoms with E-state index in [0.717, 1.165) is 25.2 Å². The number of nitrogens with two attached hydrogens (primary N) is 1. The summed E-state index contributed by atoms with van der Waals surface area (Å²) in [7, 11) is 1.68. The molecule has 5 nitrogen and oxygen atoms in total. The molecular formula is C14H22N4O. The summed E-state index contributed by atoms with van der Waals surface area (Å²) in [5.41, 5.74) is 7.05. The largest absolute Gasteiger partial charge is 0.396 e. The molecule has 0 aliphatic rings. The second-order valence-corrected chi connectivity index (χ2v) is 4.41. The molecule has 0 fully saturated rings. The summed E-state index contributed by atoms with van der Waals surface area (Å²) >= 11 is 0. The Kier molecular flexibility index (Phi) is 6.10. The monoisotopic (exact) mass is 262 g/mol. The molecule has 1 aromatic rings. The van der Waals surface area contributed by atoms with Crippen LogP contribution >= 0.6 is 0 Å². The van der Waals surface area contributed by atoms with E-state index in [1.54, 1.807) is 19.4 Å². The summed E-state index contributed by atoms with van der Waals surface area (Å²) in [6, 6.07) is 4.09. The van der Waals surface area contributed by atoms with E-state index < -0.39 is 0 Å². The van der Waals surface area contributed by atoms with Crippen molar-refractivity contribution in [3.8, 4) is 6.07 Å². The van der Waals surface area contributed by atoms with Crippen LogP contribution in [-0.4, -0.2) is 31.3 Å².